The molecule has 2 nitrogen and oxygen atoms in total. The Morgan fingerprint density at radius 3 is 2.58 bits per heavy atom. The normalized spacial score (nSPS) is 21.7. The lowest BCUT2D eigenvalue weighted by Gasteiger charge is -2.23. The molecule has 2 heteroatoms. The summed E-state index contributed by atoms with van der Waals surface area (Å²) in [6.07, 6.45) is 7.85. The maximum atomic E-state index is 8.74. The maximum absolute atomic E-state index is 8.74. The zero-order valence-electron chi connectivity index (χ0n) is 7.84. The molecule has 0 heterocycles. The van der Waals surface area contributed by atoms with E-state index >= 15 is 0 Å². The first kappa shape index (κ1) is 9.54. The molecule has 0 aromatic carbocycles. The van der Waals surface area contributed by atoms with Crippen LogP contribution in [0.4, 0.5) is 0 Å². The predicted octanol–water partition coefficient (Wildman–Crippen LogP) is 2.07. The third-order valence-corrected chi connectivity index (χ3v) is 2.80. The predicted molar refractivity (Wildman–Crippen MR) is 49.7 cm³/mol. The van der Waals surface area contributed by atoms with Gasteiger partial charge in [0.25, 0.3) is 0 Å². The quantitative estimate of drug-likeness (QED) is 0.696. The highest BCUT2D eigenvalue weighted by molar-refractivity contribution is 4.90. The van der Waals surface area contributed by atoms with Crippen molar-refractivity contribution in [2.45, 2.75) is 44.6 Å². The van der Waals surface area contributed by atoms with Crippen LogP contribution in [-0.2, 0) is 0 Å². The Balaban J connectivity index is 2.24. The largest absolute Gasteiger partial charge is 0.305 e. The fourth-order valence-electron chi connectivity index (χ4n) is 1.99. The average molecular weight is 166 g/mol. The highest BCUT2D eigenvalue weighted by Crippen LogP contribution is 2.26. The molecule has 1 fully saturated rings. The van der Waals surface area contributed by atoms with Gasteiger partial charge in [0.15, 0.2) is 0 Å². The molecule has 0 radical (unpaired) electrons. The minimum absolute atomic E-state index is 0.0769. The topological polar surface area (TPSA) is 35.8 Å². The van der Waals surface area contributed by atoms with Gasteiger partial charge in [-0.1, -0.05) is 32.1 Å². The number of hydrogen-bond acceptors (Lipinski definition) is 2. The summed E-state index contributed by atoms with van der Waals surface area (Å²) < 4.78 is 0. The summed E-state index contributed by atoms with van der Waals surface area (Å²) in [4.78, 5) is 0. The van der Waals surface area contributed by atoms with E-state index in [1.54, 1.807) is 0 Å². The molecule has 12 heavy (non-hydrogen) atoms. The van der Waals surface area contributed by atoms with Crippen LogP contribution in [0.15, 0.2) is 0 Å². The fraction of sp³-hybridized carbons (Fsp3) is 0.900. The van der Waals surface area contributed by atoms with Gasteiger partial charge in [0.1, 0.15) is 0 Å². The Bertz CT molecular complexity index is 154. The van der Waals surface area contributed by atoms with Crippen LogP contribution < -0.4 is 5.32 Å². The average Bonchev–Trinajstić information content (AvgIpc) is 2.16. The number of nitrogens with one attached hydrogen (secondary N) is 1. The minimum Gasteiger partial charge on any atom is -0.305 e. The standard InChI is InChI=1S/C10H18N2/c1-12-10(8-11)7-9-5-3-2-4-6-9/h9-10,12H,2-7H2,1H3. The first-order chi connectivity index (χ1) is 5.86. The molecule has 0 amide bonds. The highest BCUT2D eigenvalue weighted by Gasteiger charge is 2.17. The second kappa shape index (κ2) is 5.16. The van der Waals surface area contributed by atoms with Gasteiger partial charge in [-0.25, -0.2) is 0 Å². The zero-order valence-corrected chi connectivity index (χ0v) is 7.84. The van der Waals surface area contributed by atoms with Crippen LogP contribution in [0, 0.1) is 17.2 Å². The van der Waals surface area contributed by atoms with Gasteiger partial charge in [-0.15, -0.1) is 0 Å². The molecule has 1 saturated carbocycles. The number of hydrogen-bond donors (Lipinski definition) is 1. The van der Waals surface area contributed by atoms with Crippen LogP contribution in [0.2, 0.25) is 0 Å². The summed E-state index contributed by atoms with van der Waals surface area (Å²) in [5, 5.41) is 11.8. The Morgan fingerprint density at radius 2 is 2.08 bits per heavy atom. The molecule has 68 valence electrons. The molecule has 1 unspecified atom stereocenters. The lowest BCUT2D eigenvalue weighted by Crippen LogP contribution is -2.26. The highest BCUT2D eigenvalue weighted by atomic mass is 14.9. The van der Waals surface area contributed by atoms with Crippen LogP contribution in [0.5, 0.6) is 0 Å². The van der Waals surface area contributed by atoms with Crippen LogP contribution in [-0.4, -0.2) is 13.1 Å². The van der Waals surface area contributed by atoms with Crippen LogP contribution >= 0.6 is 0 Å². The Morgan fingerprint density at radius 1 is 1.42 bits per heavy atom. The van der Waals surface area contributed by atoms with E-state index in [0.29, 0.717) is 0 Å². The van der Waals surface area contributed by atoms with Crippen LogP contribution in [0.1, 0.15) is 38.5 Å². The first-order valence-corrected chi connectivity index (χ1v) is 4.93. The van der Waals surface area contributed by atoms with Gasteiger partial charge >= 0.3 is 0 Å². The van der Waals surface area contributed by atoms with E-state index in [2.05, 4.69) is 11.4 Å². The smallest absolute Gasteiger partial charge is 0.0953 e. The van der Waals surface area contributed by atoms with Crippen LogP contribution in [0.25, 0.3) is 0 Å². The fourth-order valence-corrected chi connectivity index (χ4v) is 1.99. The van der Waals surface area contributed by atoms with E-state index in [9.17, 15) is 0 Å². The number of nitrogens with zero attached hydrogens (tertiary/aromatic N) is 1. The molecule has 1 N–H and O–H groups in total. The van der Waals surface area contributed by atoms with E-state index in [1.165, 1.54) is 32.1 Å². The van der Waals surface area contributed by atoms with E-state index in [1.807, 2.05) is 7.05 Å². The van der Waals surface area contributed by atoms with E-state index in [4.69, 9.17) is 5.26 Å². The summed E-state index contributed by atoms with van der Waals surface area (Å²) in [6.45, 7) is 0. The van der Waals surface area contributed by atoms with Crippen molar-refractivity contribution in [3.63, 3.8) is 0 Å². The van der Waals surface area contributed by atoms with Crippen molar-refractivity contribution in [2.24, 2.45) is 5.92 Å². The first-order valence-electron chi connectivity index (χ1n) is 4.93. The molecule has 1 atom stereocenters. The molecule has 0 aromatic heterocycles. The SMILES string of the molecule is CNC(C#N)CC1CCCCC1. The lowest BCUT2D eigenvalue weighted by molar-refractivity contribution is 0.321. The van der Waals surface area contributed by atoms with Crippen molar-refractivity contribution in [3.8, 4) is 6.07 Å². The lowest BCUT2D eigenvalue weighted by atomic mass is 9.85. The zero-order chi connectivity index (χ0) is 8.81. The second-order valence-corrected chi connectivity index (χ2v) is 3.71. The van der Waals surface area contributed by atoms with E-state index in [-0.39, 0.29) is 6.04 Å². The molecule has 1 rings (SSSR count). The summed E-state index contributed by atoms with van der Waals surface area (Å²) in [5.74, 6) is 0.802. The summed E-state index contributed by atoms with van der Waals surface area (Å²) in [6, 6.07) is 2.36. The van der Waals surface area contributed by atoms with Crippen LogP contribution in [0.3, 0.4) is 0 Å². The van der Waals surface area contributed by atoms with Gasteiger partial charge in [-0.3, -0.25) is 0 Å². The van der Waals surface area contributed by atoms with Crippen molar-refractivity contribution >= 4 is 0 Å². The Labute approximate surface area is 75.0 Å². The minimum atomic E-state index is 0.0769. The molecule has 0 saturated heterocycles. The molecule has 0 aromatic rings. The monoisotopic (exact) mass is 166 g/mol. The Kier molecular flexibility index (Phi) is 4.10. The third-order valence-electron chi connectivity index (χ3n) is 2.80. The van der Waals surface area contributed by atoms with Crippen molar-refractivity contribution in [1.29, 1.82) is 5.26 Å². The molecular weight excluding hydrogens is 148 g/mol. The summed E-state index contributed by atoms with van der Waals surface area (Å²) in [7, 11) is 1.87. The van der Waals surface area contributed by atoms with Gasteiger partial charge < -0.3 is 5.32 Å². The number of nitriles is 1. The number of rotatable bonds is 3. The molecular formula is C10H18N2. The van der Waals surface area contributed by atoms with Gasteiger partial charge in [0, 0.05) is 0 Å². The van der Waals surface area contributed by atoms with Crippen molar-refractivity contribution in [2.75, 3.05) is 7.05 Å². The van der Waals surface area contributed by atoms with Gasteiger partial charge in [-0.05, 0) is 19.4 Å². The third kappa shape index (κ3) is 2.83. The molecule has 0 spiro atoms. The van der Waals surface area contributed by atoms with Crippen molar-refractivity contribution < 1.29 is 0 Å². The van der Waals surface area contributed by atoms with Gasteiger partial charge in [-0.2, -0.15) is 5.26 Å². The summed E-state index contributed by atoms with van der Waals surface area (Å²) >= 11 is 0. The summed E-state index contributed by atoms with van der Waals surface area (Å²) in [5.41, 5.74) is 0. The molecule has 1 aliphatic carbocycles. The van der Waals surface area contributed by atoms with E-state index in [0.717, 1.165) is 12.3 Å². The van der Waals surface area contributed by atoms with Gasteiger partial charge in [0.05, 0.1) is 12.1 Å². The van der Waals surface area contributed by atoms with Gasteiger partial charge in [0.2, 0.25) is 0 Å². The molecule has 0 bridgehead atoms. The molecule has 0 aliphatic heterocycles. The Hall–Kier alpha value is -0.550. The van der Waals surface area contributed by atoms with Crippen molar-refractivity contribution in [3.05, 3.63) is 0 Å². The molecule has 1 aliphatic rings. The second-order valence-electron chi connectivity index (χ2n) is 3.71. The van der Waals surface area contributed by atoms with E-state index < -0.39 is 0 Å². The maximum Gasteiger partial charge on any atom is 0.0953 e. The van der Waals surface area contributed by atoms with Crippen molar-refractivity contribution in [1.82, 2.24) is 5.32 Å².